The summed E-state index contributed by atoms with van der Waals surface area (Å²) in [6.07, 6.45) is 4.69. The second-order valence-electron chi connectivity index (χ2n) is 5.62. The molecule has 0 unspecified atom stereocenters. The summed E-state index contributed by atoms with van der Waals surface area (Å²) in [5.74, 6) is 1.66. The van der Waals surface area contributed by atoms with Crippen LogP contribution in [-0.2, 0) is 6.61 Å². The number of aryl methyl sites for hydroxylation is 1. The van der Waals surface area contributed by atoms with Crippen molar-refractivity contribution in [3.8, 4) is 11.5 Å². The van der Waals surface area contributed by atoms with Crippen molar-refractivity contribution in [1.29, 1.82) is 0 Å². The number of aromatic nitrogens is 3. The highest BCUT2D eigenvalue weighted by Crippen LogP contribution is 2.25. The Hall–Kier alpha value is -3.15. The van der Waals surface area contributed by atoms with Crippen LogP contribution < -0.4 is 9.47 Å². The fourth-order valence-corrected chi connectivity index (χ4v) is 2.42. The molecule has 0 saturated heterocycles. The monoisotopic (exact) mass is 336 g/mol. The highest BCUT2D eigenvalue weighted by atomic mass is 16.5. The standard InChI is InChI=1S/C19H20N4O2/c1-14-5-4-6-18(15(14)2)25-11-17-9-16(7-8-19(17)24-3)10-21-23-13-20-12-22-23/h4-10,12-13H,11H2,1-3H3/b21-10+. The molecule has 6 heteroatoms. The van der Waals surface area contributed by atoms with E-state index in [0.717, 1.165) is 28.2 Å². The summed E-state index contributed by atoms with van der Waals surface area (Å²) in [5.41, 5.74) is 4.23. The average molecular weight is 336 g/mol. The van der Waals surface area contributed by atoms with E-state index in [0.29, 0.717) is 6.61 Å². The summed E-state index contributed by atoms with van der Waals surface area (Å²) in [6, 6.07) is 11.9. The minimum atomic E-state index is 0.415. The van der Waals surface area contributed by atoms with Crippen LogP contribution in [0, 0.1) is 13.8 Å². The molecule has 0 radical (unpaired) electrons. The molecule has 3 rings (SSSR count). The van der Waals surface area contributed by atoms with Crippen molar-refractivity contribution in [1.82, 2.24) is 14.9 Å². The molecular formula is C19H20N4O2. The van der Waals surface area contributed by atoms with Gasteiger partial charge >= 0.3 is 0 Å². The van der Waals surface area contributed by atoms with Crippen LogP contribution in [0.15, 0.2) is 54.2 Å². The van der Waals surface area contributed by atoms with Gasteiger partial charge in [-0.25, -0.2) is 4.98 Å². The number of ether oxygens (including phenoxy) is 2. The third kappa shape index (κ3) is 4.03. The molecule has 0 N–H and O–H groups in total. The Labute approximate surface area is 146 Å². The maximum absolute atomic E-state index is 6.00. The van der Waals surface area contributed by atoms with Crippen LogP contribution in [0.25, 0.3) is 0 Å². The molecule has 0 atom stereocenters. The highest BCUT2D eigenvalue weighted by molar-refractivity contribution is 5.80. The Morgan fingerprint density at radius 3 is 2.80 bits per heavy atom. The molecule has 1 aromatic heterocycles. The first-order valence-corrected chi connectivity index (χ1v) is 7.92. The number of hydrogen-bond acceptors (Lipinski definition) is 5. The van der Waals surface area contributed by atoms with Gasteiger partial charge in [0.1, 0.15) is 30.8 Å². The summed E-state index contributed by atoms with van der Waals surface area (Å²) in [6.45, 7) is 4.55. The Kier molecular flexibility index (Phi) is 5.09. The van der Waals surface area contributed by atoms with Crippen LogP contribution in [0.4, 0.5) is 0 Å². The van der Waals surface area contributed by atoms with Gasteiger partial charge in [-0.2, -0.15) is 5.10 Å². The summed E-state index contributed by atoms with van der Waals surface area (Å²) in [4.78, 5) is 5.26. The van der Waals surface area contributed by atoms with Crippen molar-refractivity contribution < 1.29 is 9.47 Å². The molecule has 3 aromatic rings. The SMILES string of the molecule is COc1ccc(/C=N/n2cncn2)cc1COc1cccc(C)c1C. The minimum Gasteiger partial charge on any atom is -0.496 e. The molecule has 128 valence electrons. The van der Waals surface area contributed by atoms with E-state index in [1.54, 1.807) is 13.3 Å². The van der Waals surface area contributed by atoms with Gasteiger partial charge in [0.25, 0.3) is 0 Å². The molecule has 0 saturated carbocycles. The number of rotatable bonds is 6. The molecule has 0 fully saturated rings. The molecule has 0 bridgehead atoms. The lowest BCUT2D eigenvalue weighted by Gasteiger charge is -2.13. The van der Waals surface area contributed by atoms with Gasteiger partial charge in [-0.1, -0.05) is 12.1 Å². The zero-order valence-electron chi connectivity index (χ0n) is 14.5. The van der Waals surface area contributed by atoms with Crippen LogP contribution >= 0.6 is 0 Å². The van der Waals surface area contributed by atoms with Gasteiger partial charge in [-0.3, -0.25) is 0 Å². The lowest BCUT2D eigenvalue weighted by Crippen LogP contribution is -2.02. The van der Waals surface area contributed by atoms with E-state index >= 15 is 0 Å². The Morgan fingerprint density at radius 2 is 2.04 bits per heavy atom. The summed E-state index contributed by atoms with van der Waals surface area (Å²) in [5, 5.41) is 8.15. The van der Waals surface area contributed by atoms with Crippen LogP contribution in [0.5, 0.6) is 11.5 Å². The second-order valence-corrected chi connectivity index (χ2v) is 5.62. The number of nitrogens with zero attached hydrogens (tertiary/aromatic N) is 4. The summed E-state index contributed by atoms with van der Waals surface area (Å²) >= 11 is 0. The van der Waals surface area contributed by atoms with Crippen LogP contribution in [0.3, 0.4) is 0 Å². The first-order valence-electron chi connectivity index (χ1n) is 7.92. The lowest BCUT2D eigenvalue weighted by molar-refractivity contribution is 0.294. The van der Waals surface area contributed by atoms with E-state index in [9.17, 15) is 0 Å². The molecule has 2 aromatic carbocycles. The van der Waals surface area contributed by atoms with E-state index in [1.807, 2.05) is 30.3 Å². The van der Waals surface area contributed by atoms with Gasteiger partial charge < -0.3 is 9.47 Å². The van der Waals surface area contributed by atoms with Gasteiger partial charge in [-0.15, -0.1) is 9.89 Å². The van der Waals surface area contributed by atoms with Gasteiger partial charge in [0.2, 0.25) is 0 Å². The molecule has 0 aliphatic carbocycles. The van der Waals surface area contributed by atoms with Gasteiger partial charge in [-0.05, 0) is 54.8 Å². The Morgan fingerprint density at radius 1 is 1.16 bits per heavy atom. The largest absolute Gasteiger partial charge is 0.496 e. The second kappa shape index (κ2) is 7.61. The molecular weight excluding hydrogens is 316 g/mol. The maximum atomic E-state index is 6.00. The van der Waals surface area contributed by atoms with Crippen LogP contribution in [0.1, 0.15) is 22.3 Å². The predicted octanol–water partition coefficient (Wildman–Crippen LogP) is 3.36. The number of methoxy groups -OCH3 is 1. The van der Waals surface area contributed by atoms with E-state index in [1.165, 1.54) is 23.0 Å². The van der Waals surface area contributed by atoms with Crippen molar-refractivity contribution in [2.75, 3.05) is 7.11 Å². The molecule has 25 heavy (non-hydrogen) atoms. The molecule has 0 aliphatic heterocycles. The van der Waals surface area contributed by atoms with Gasteiger partial charge in [0.15, 0.2) is 0 Å². The van der Waals surface area contributed by atoms with E-state index in [-0.39, 0.29) is 0 Å². The topological polar surface area (TPSA) is 61.5 Å². The maximum Gasteiger partial charge on any atom is 0.139 e. The fourth-order valence-electron chi connectivity index (χ4n) is 2.42. The van der Waals surface area contributed by atoms with E-state index in [4.69, 9.17) is 9.47 Å². The smallest absolute Gasteiger partial charge is 0.139 e. The van der Waals surface area contributed by atoms with Crippen molar-refractivity contribution in [3.05, 3.63) is 71.3 Å². The fraction of sp³-hybridized carbons (Fsp3) is 0.211. The van der Waals surface area contributed by atoms with Gasteiger partial charge in [0, 0.05) is 5.56 Å². The number of benzene rings is 2. The first-order chi connectivity index (χ1) is 12.2. The average Bonchev–Trinajstić information content (AvgIpc) is 3.15. The third-order valence-corrected chi connectivity index (χ3v) is 3.97. The number of hydrogen-bond donors (Lipinski definition) is 0. The van der Waals surface area contributed by atoms with Gasteiger partial charge in [0.05, 0.1) is 13.3 Å². The van der Waals surface area contributed by atoms with E-state index in [2.05, 4.69) is 35.1 Å². The predicted molar refractivity (Wildman–Crippen MR) is 96.3 cm³/mol. The van der Waals surface area contributed by atoms with Crippen molar-refractivity contribution >= 4 is 6.21 Å². The quantitative estimate of drug-likeness (QED) is 0.648. The Bertz CT molecular complexity index is 873. The lowest BCUT2D eigenvalue weighted by atomic mass is 10.1. The van der Waals surface area contributed by atoms with Crippen LogP contribution in [0.2, 0.25) is 0 Å². The zero-order valence-corrected chi connectivity index (χ0v) is 14.5. The van der Waals surface area contributed by atoms with Crippen molar-refractivity contribution in [2.45, 2.75) is 20.5 Å². The highest BCUT2D eigenvalue weighted by Gasteiger charge is 2.07. The minimum absolute atomic E-state index is 0.415. The Balaban J connectivity index is 1.79. The molecule has 0 amide bonds. The summed E-state index contributed by atoms with van der Waals surface area (Å²) in [7, 11) is 1.65. The molecule has 6 nitrogen and oxygen atoms in total. The molecule has 0 spiro atoms. The van der Waals surface area contributed by atoms with Crippen molar-refractivity contribution in [3.63, 3.8) is 0 Å². The van der Waals surface area contributed by atoms with Crippen LogP contribution in [-0.4, -0.2) is 28.2 Å². The van der Waals surface area contributed by atoms with E-state index < -0.39 is 0 Å². The normalized spacial score (nSPS) is 11.0. The molecule has 0 aliphatic rings. The third-order valence-electron chi connectivity index (χ3n) is 3.97. The molecule has 1 heterocycles. The summed E-state index contributed by atoms with van der Waals surface area (Å²) < 4.78 is 11.4. The zero-order chi connectivity index (χ0) is 17.6. The first kappa shape index (κ1) is 16.7. The van der Waals surface area contributed by atoms with Crippen molar-refractivity contribution in [2.24, 2.45) is 5.10 Å².